The number of phenolic OH excluding ortho intramolecular Hbond substituents is 1. The fourth-order valence-electron chi connectivity index (χ4n) is 9.34. The van der Waals surface area contributed by atoms with E-state index in [2.05, 4.69) is 42.2 Å². The van der Waals surface area contributed by atoms with Gasteiger partial charge in [0.15, 0.2) is 5.78 Å². The number of carboxylic acids is 1. The summed E-state index contributed by atoms with van der Waals surface area (Å²) in [7, 11) is 1.91. The molecule has 3 aromatic carbocycles. The summed E-state index contributed by atoms with van der Waals surface area (Å²) < 4.78 is 10.9. The molecular formula is C59H76N8O14S2. The normalized spacial score (nSPS) is 21.3. The molecule has 4 aromatic rings. The molecule has 2 heterocycles. The molecule has 22 nitrogen and oxygen atoms in total. The van der Waals surface area contributed by atoms with Crippen molar-refractivity contribution in [2.45, 2.75) is 153 Å². The fraction of sp³-hybridized carbons (Fsp3) is 0.475. The number of ketones is 1. The van der Waals surface area contributed by atoms with Crippen molar-refractivity contribution in [3.8, 4) is 5.75 Å². The fourth-order valence-corrected chi connectivity index (χ4v) is 11.7. The van der Waals surface area contributed by atoms with Gasteiger partial charge in [0.05, 0.1) is 12.1 Å². The van der Waals surface area contributed by atoms with E-state index in [1.807, 2.05) is 54.6 Å². The van der Waals surface area contributed by atoms with Crippen LogP contribution in [0.15, 0.2) is 85.1 Å². The van der Waals surface area contributed by atoms with Crippen molar-refractivity contribution in [1.82, 2.24) is 42.2 Å². The number of fused-ring (bicyclic) bond motifs is 2. The first-order valence-electron chi connectivity index (χ1n) is 27.5. The Morgan fingerprint density at radius 3 is 2.10 bits per heavy atom. The number of aliphatic hydroxyl groups excluding tert-OH is 1. The number of aromatic hydroxyl groups is 1. The Labute approximate surface area is 490 Å². The lowest BCUT2D eigenvalue weighted by molar-refractivity contribution is -0.142. The summed E-state index contributed by atoms with van der Waals surface area (Å²) in [5.41, 5.74) is 2.73. The number of phenols is 1. The van der Waals surface area contributed by atoms with E-state index >= 15 is 9.59 Å². The van der Waals surface area contributed by atoms with Crippen LogP contribution in [0.3, 0.4) is 0 Å². The van der Waals surface area contributed by atoms with Crippen molar-refractivity contribution >= 4 is 91.5 Å². The van der Waals surface area contributed by atoms with Gasteiger partial charge < -0.3 is 67.0 Å². The molecule has 1 aliphatic heterocycles. The highest BCUT2D eigenvalue weighted by molar-refractivity contribution is 8.76. The Kier molecular flexibility index (Phi) is 23.0. The molecule has 8 atom stereocenters. The largest absolute Gasteiger partial charge is 0.508 e. The summed E-state index contributed by atoms with van der Waals surface area (Å²) in [5.74, 6) is -8.35. The second-order valence-corrected chi connectivity index (χ2v) is 25.2. The molecule has 2 aliphatic rings. The number of nitrogens with one attached hydrogen (secondary N) is 8. The molecule has 0 spiro atoms. The molecule has 6 rings (SSSR count). The number of aliphatic hydroxyl groups is 1. The number of carbonyl (C=O) groups excluding carboxylic acids is 8. The van der Waals surface area contributed by atoms with Crippen LogP contribution in [0.4, 0.5) is 9.59 Å². The SMILES string of the molecule is C[C@@H](O)[C@@H]1NC(=O)[C@H](CCCCNC(=O)OC(C)(C)C)NC(=O)[C@@H](CC2=CCc3ccccc32)NC(=O)[C@H](Cc2ccc(O)cc2)CC(=O)[C@@H](NC(=O)[C@@H](Cc2c[nH]c3ccccc23)NC(=O)OC(C)(C)C)CSSC[C@@H](C(=O)O)NC1=O. The van der Waals surface area contributed by atoms with E-state index in [1.54, 1.807) is 59.9 Å². The molecule has 0 unspecified atom stereocenters. The predicted octanol–water partition coefficient (Wildman–Crippen LogP) is 5.14. The van der Waals surface area contributed by atoms with Crippen LogP contribution in [0.5, 0.6) is 5.75 Å². The molecule has 7 amide bonds. The van der Waals surface area contributed by atoms with E-state index in [4.69, 9.17) is 9.47 Å². The first kappa shape index (κ1) is 64.6. The van der Waals surface area contributed by atoms with Crippen molar-refractivity contribution < 1.29 is 67.9 Å². The number of carboxylic acid groups (broad SMARTS) is 1. The highest BCUT2D eigenvalue weighted by Gasteiger charge is 2.37. The van der Waals surface area contributed by atoms with E-state index in [9.17, 15) is 48.9 Å². The molecule has 11 N–H and O–H groups in total. The number of unbranched alkanes of at least 4 members (excludes halogenated alkanes) is 1. The predicted molar refractivity (Wildman–Crippen MR) is 315 cm³/mol. The highest BCUT2D eigenvalue weighted by Crippen LogP contribution is 2.32. The number of amides is 7. The Balaban J connectivity index is 1.38. The number of hydrogen-bond donors (Lipinski definition) is 11. The van der Waals surface area contributed by atoms with Crippen molar-refractivity contribution in [2.75, 3.05) is 18.1 Å². The maximum atomic E-state index is 15.1. The van der Waals surface area contributed by atoms with Crippen molar-refractivity contribution in [1.29, 1.82) is 0 Å². The van der Waals surface area contributed by atoms with E-state index in [-0.39, 0.29) is 55.9 Å². The number of Topliss-reactive ketones (excluding diaryl/α,β-unsaturated/α-hetero) is 1. The Morgan fingerprint density at radius 1 is 0.747 bits per heavy atom. The number of benzene rings is 3. The van der Waals surface area contributed by atoms with Crippen LogP contribution >= 0.6 is 21.6 Å². The zero-order valence-electron chi connectivity index (χ0n) is 47.6. The van der Waals surface area contributed by atoms with Crippen LogP contribution in [-0.4, -0.2) is 145 Å². The number of rotatable bonds is 16. The lowest BCUT2D eigenvalue weighted by Crippen LogP contribution is -2.60. The minimum atomic E-state index is -1.74. The van der Waals surface area contributed by atoms with Crippen molar-refractivity contribution in [3.05, 3.63) is 107 Å². The number of hydrogen-bond acceptors (Lipinski definition) is 15. The first-order chi connectivity index (χ1) is 39.2. The Bertz CT molecular complexity index is 3010. The van der Waals surface area contributed by atoms with Crippen LogP contribution in [-0.2, 0) is 62.3 Å². The molecule has 1 fully saturated rings. The van der Waals surface area contributed by atoms with E-state index in [0.717, 1.165) is 43.6 Å². The summed E-state index contributed by atoms with van der Waals surface area (Å²) in [6, 6.07) is 11.9. The van der Waals surface area contributed by atoms with E-state index in [1.165, 1.54) is 19.1 Å². The van der Waals surface area contributed by atoms with Gasteiger partial charge in [0.1, 0.15) is 47.2 Å². The quantitative estimate of drug-likeness (QED) is 0.0511. The van der Waals surface area contributed by atoms with Gasteiger partial charge in [-0.1, -0.05) is 82.3 Å². The third-order valence-corrected chi connectivity index (χ3v) is 15.9. The van der Waals surface area contributed by atoms with Crippen LogP contribution < -0.4 is 37.2 Å². The second-order valence-electron chi connectivity index (χ2n) is 22.6. The number of aromatic nitrogens is 1. The van der Waals surface area contributed by atoms with Gasteiger partial charge in [0, 0.05) is 60.3 Å². The van der Waals surface area contributed by atoms with Gasteiger partial charge in [0.2, 0.25) is 29.5 Å². The minimum absolute atomic E-state index is 0.0609. The molecule has 0 saturated carbocycles. The zero-order valence-corrected chi connectivity index (χ0v) is 49.3. The van der Waals surface area contributed by atoms with Gasteiger partial charge in [-0.2, -0.15) is 0 Å². The molecule has 448 valence electrons. The smallest absolute Gasteiger partial charge is 0.408 e. The van der Waals surface area contributed by atoms with Gasteiger partial charge in [-0.05, 0) is 127 Å². The summed E-state index contributed by atoms with van der Waals surface area (Å²) in [5, 5.41) is 50.8. The maximum Gasteiger partial charge on any atom is 0.408 e. The molecule has 24 heteroatoms. The number of aromatic amines is 1. The lowest BCUT2D eigenvalue weighted by atomic mass is 9.90. The van der Waals surface area contributed by atoms with E-state index in [0.29, 0.717) is 29.5 Å². The number of carbonyl (C=O) groups is 9. The van der Waals surface area contributed by atoms with Gasteiger partial charge in [-0.25, -0.2) is 14.4 Å². The molecule has 1 aromatic heterocycles. The van der Waals surface area contributed by atoms with Crippen LogP contribution in [0.2, 0.25) is 0 Å². The van der Waals surface area contributed by atoms with Gasteiger partial charge in [-0.3, -0.25) is 28.8 Å². The molecular weight excluding hydrogens is 1110 g/mol. The molecule has 0 bridgehead atoms. The number of alkyl carbamates (subject to hydrolysis) is 2. The topological polar surface area (TPSA) is 333 Å². The average Bonchev–Trinajstić information content (AvgIpc) is 4.16. The van der Waals surface area contributed by atoms with Crippen molar-refractivity contribution in [3.63, 3.8) is 0 Å². The summed E-state index contributed by atoms with van der Waals surface area (Å²) in [6.07, 6.45) is 0.603. The third kappa shape index (κ3) is 20.1. The molecule has 83 heavy (non-hydrogen) atoms. The van der Waals surface area contributed by atoms with Crippen molar-refractivity contribution in [2.24, 2.45) is 5.92 Å². The number of allylic oxidation sites excluding steroid dienone is 1. The van der Waals surface area contributed by atoms with Gasteiger partial charge in [-0.15, -0.1) is 0 Å². The zero-order chi connectivity index (χ0) is 60.6. The summed E-state index contributed by atoms with van der Waals surface area (Å²) in [4.78, 5) is 130. The Hall–Kier alpha value is -7.57. The number of H-pyrrole nitrogens is 1. The summed E-state index contributed by atoms with van der Waals surface area (Å²) in [6.45, 7) is 11.4. The first-order valence-corrected chi connectivity index (χ1v) is 30.0. The van der Waals surface area contributed by atoms with Gasteiger partial charge in [0.25, 0.3) is 0 Å². The summed E-state index contributed by atoms with van der Waals surface area (Å²) >= 11 is 0. The minimum Gasteiger partial charge on any atom is -0.508 e. The van der Waals surface area contributed by atoms with Crippen LogP contribution in [0.1, 0.15) is 103 Å². The van der Waals surface area contributed by atoms with Gasteiger partial charge >= 0.3 is 18.2 Å². The molecule has 1 aliphatic carbocycles. The molecule has 0 radical (unpaired) electrons. The third-order valence-electron chi connectivity index (χ3n) is 13.5. The number of para-hydroxylation sites is 1. The average molecular weight is 1190 g/mol. The maximum absolute atomic E-state index is 15.1. The number of aliphatic carboxylic acids is 1. The standard InChI is InChI=1S/C59H76N8O14S2/c1-33(68)49-54(75)65-47(55(76)77)32-83-82-31-46(64-53(74)45(66-57(79)81-59(5,6)7)28-38-30-61-42-17-11-10-16-41(38)42)48(70)29-37(26-34-19-23-39(69)24-20-34)50(71)63-44(27-36-22-21-35-14-8-9-15-40(35)36)52(73)62-43(51(72)67-49)18-12-13-25-60-56(78)80-58(2,3)4/h8-11,14-17,19-20,22-24,30,33,37,43-47,49,61,68-69H,12-13,18,21,25-29,31-32H2,1-7H3,(H,60,78)(H,62,73)(H,63,71)(H,64,74)(H,65,75)(H,66,79)(H,67,72)(H,76,77)/t33-,37-,43+,44-,45-,46+,47+,49+/m1/s1. The second kappa shape index (κ2) is 29.6. The highest BCUT2D eigenvalue weighted by atomic mass is 33.1. The molecule has 1 saturated heterocycles. The lowest BCUT2D eigenvalue weighted by Gasteiger charge is -2.29. The number of ether oxygens (including phenoxy) is 2. The van der Waals surface area contributed by atoms with Crippen LogP contribution in [0.25, 0.3) is 16.5 Å². The van der Waals surface area contributed by atoms with E-state index < -0.39 is 119 Å². The Morgan fingerprint density at radius 2 is 1.40 bits per heavy atom. The van der Waals surface area contributed by atoms with Crippen LogP contribution in [0, 0.1) is 5.92 Å². The monoisotopic (exact) mass is 1180 g/mol.